The fourth-order valence-electron chi connectivity index (χ4n) is 3.47. The standard InChI is InChI=1S/C17H22N2O3/c1-13-7-5-6-10-17(13)15(20)19(16(21)18-17)11-12-22-14-8-3-2-4-9-14/h2-4,8-9,13H,5-7,10-12H2,1H3,(H,18,21)/t13-,17+/m1/s1. The molecule has 0 bridgehead atoms. The van der Waals surface area contributed by atoms with Crippen LogP contribution in [0.5, 0.6) is 5.75 Å². The van der Waals surface area contributed by atoms with Crippen LogP contribution in [-0.4, -0.2) is 35.5 Å². The van der Waals surface area contributed by atoms with Gasteiger partial charge in [-0.1, -0.05) is 38.0 Å². The Labute approximate surface area is 130 Å². The van der Waals surface area contributed by atoms with Crippen LogP contribution in [0.15, 0.2) is 30.3 Å². The van der Waals surface area contributed by atoms with E-state index in [1.54, 1.807) is 0 Å². The summed E-state index contributed by atoms with van der Waals surface area (Å²) in [7, 11) is 0. The molecule has 1 aromatic rings. The summed E-state index contributed by atoms with van der Waals surface area (Å²) in [4.78, 5) is 26.2. The summed E-state index contributed by atoms with van der Waals surface area (Å²) in [6.07, 6.45) is 3.85. The summed E-state index contributed by atoms with van der Waals surface area (Å²) in [6.45, 7) is 2.66. The van der Waals surface area contributed by atoms with Crippen molar-refractivity contribution in [2.45, 2.75) is 38.1 Å². The smallest absolute Gasteiger partial charge is 0.325 e. The maximum Gasteiger partial charge on any atom is 0.325 e. The van der Waals surface area contributed by atoms with Crippen molar-refractivity contribution in [3.63, 3.8) is 0 Å². The number of imide groups is 1. The molecule has 1 saturated carbocycles. The SMILES string of the molecule is C[C@@H]1CCCC[C@]12NC(=O)N(CCOc1ccccc1)C2=O. The first kappa shape index (κ1) is 14.9. The first-order valence-electron chi connectivity index (χ1n) is 7.95. The normalized spacial score (nSPS) is 28.0. The van der Waals surface area contributed by atoms with Crippen molar-refractivity contribution in [2.24, 2.45) is 5.92 Å². The number of para-hydroxylation sites is 1. The molecule has 0 aromatic heterocycles. The van der Waals surface area contributed by atoms with Crippen LogP contribution in [0.1, 0.15) is 32.6 Å². The molecule has 5 nitrogen and oxygen atoms in total. The van der Waals surface area contributed by atoms with Crippen LogP contribution in [0, 0.1) is 5.92 Å². The quantitative estimate of drug-likeness (QED) is 0.870. The lowest BCUT2D eigenvalue weighted by molar-refractivity contribution is -0.134. The summed E-state index contributed by atoms with van der Waals surface area (Å²) in [5.41, 5.74) is -0.678. The monoisotopic (exact) mass is 302 g/mol. The second-order valence-corrected chi connectivity index (χ2v) is 6.17. The van der Waals surface area contributed by atoms with E-state index in [-0.39, 0.29) is 24.4 Å². The van der Waals surface area contributed by atoms with Crippen molar-refractivity contribution < 1.29 is 14.3 Å². The number of carbonyl (C=O) groups excluding carboxylic acids is 2. The van der Waals surface area contributed by atoms with Gasteiger partial charge in [-0.2, -0.15) is 0 Å². The minimum atomic E-state index is -0.678. The number of nitrogens with one attached hydrogen (secondary N) is 1. The van der Waals surface area contributed by atoms with Gasteiger partial charge in [0.25, 0.3) is 5.91 Å². The molecule has 0 unspecified atom stereocenters. The average Bonchev–Trinajstić information content (AvgIpc) is 2.76. The van der Waals surface area contributed by atoms with E-state index in [1.165, 1.54) is 4.90 Å². The van der Waals surface area contributed by atoms with Crippen molar-refractivity contribution in [2.75, 3.05) is 13.2 Å². The fourth-order valence-corrected chi connectivity index (χ4v) is 3.47. The molecule has 1 heterocycles. The number of carbonyl (C=O) groups is 2. The first-order chi connectivity index (χ1) is 10.6. The molecular weight excluding hydrogens is 280 g/mol. The van der Waals surface area contributed by atoms with E-state index in [9.17, 15) is 9.59 Å². The lowest BCUT2D eigenvalue weighted by atomic mass is 9.73. The number of rotatable bonds is 4. The number of benzene rings is 1. The number of amides is 3. The highest BCUT2D eigenvalue weighted by molar-refractivity contribution is 6.07. The van der Waals surface area contributed by atoms with Crippen LogP contribution in [-0.2, 0) is 4.79 Å². The van der Waals surface area contributed by atoms with Crippen molar-refractivity contribution in [1.29, 1.82) is 0 Å². The van der Waals surface area contributed by atoms with Gasteiger partial charge in [-0.3, -0.25) is 9.69 Å². The number of nitrogens with zero attached hydrogens (tertiary/aromatic N) is 1. The van der Waals surface area contributed by atoms with Crippen molar-refractivity contribution in [1.82, 2.24) is 10.2 Å². The summed E-state index contributed by atoms with van der Waals surface area (Å²) in [5, 5.41) is 2.95. The third-order valence-corrected chi connectivity index (χ3v) is 4.83. The summed E-state index contributed by atoms with van der Waals surface area (Å²) in [6, 6.07) is 9.13. The van der Waals surface area contributed by atoms with Gasteiger partial charge in [0.2, 0.25) is 0 Å². The number of urea groups is 1. The molecule has 1 aliphatic carbocycles. The number of hydrogen-bond acceptors (Lipinski definition) is 3. The van der Waals surface area contributed by atoms with Crippen molar-refractivity contribution >= 4 is 11.9 Å². The summed E-state index contributed by atoms with van der Waals surface area (Å²) >= 11 is 0. The van der Waals surface area contributed by atoms with Crippen molar-refractivity contribution in [3.8, 4) is 5.75 Å². The molecule has 2 atom stereocenters. The largest absolute Gasteiger partial charge is 0.492 e. The topological polar surface area (TPSA) is 58.6 Å². The Bertz CT molecular complexity index is 560. The van der Waals surface area contributed by atoms with E-state index in [0.717, 1.165) is 31.4 Å². The fraction of sp³-hybridized carbons (Fsp3) is 0.529. The second-order valence-electron chi connectivity index (χ2n) is 6.17. The highest BCUT2D eigenvalue weighted by Crippen LogP contribution is 2.38. The molecule has 118 valence electrons. The molecule has 0 radical (unpaired) electrons. The highest BCUT2D eigenvalue weighted by Gasteiger charge is 2.54. The Kier molecular flexibility index (Phi) is 4.05. The van der Waals surface area contributed by atoms with E-state index in [1.807, 2.05) is 30.3 Å². The molecule has 5 heteroatoms. The van der Waals surface area contributed by atoms with E-state index in [0.29, 0.717) is 6.61 Å². The van der Waals surface area contributed by atoms with Crippen LogP contribution in [0.3, 0.4) is 0 Å². The predicted octanol–water partition coefficient (Wildman–Crippen LogP) is 2.57. The van der Waals surface area contributed by atoms with Gasteiger partial charge in [0.1, 0.15) is 17.9 Å². The molecule has 1 saturated heterocycles. The Morgan fingerprint density at radius 3 is 2.77 bits per heavy atom. The van der Waals surface area contributed by atoms with Gasteiger partial charge in [0.15, 0.2) is 0 Å². The molecule has 1 N–H and O–H groups in total. The number of ether oxygens (including phenoxy) is 1. The van der Waals surface area contributed by atoms with Gasteiger partial charge in [-0.15, -0.1) is 0 Å². The van der Waals surface area contributed by atoms with Gasteiger partial charge in [-0.25, -0.2) is 4.79 Å². The van der Waals surface area contributed by atoms with Crippen LogP contribution in [0.2, 0.25) is 0 Å². The molecule has 1 aliphatic heterocycles. The molecule has 1 aromatic carbocycles. The minimum Gasteiger partial charge on any atom is -0.492 e. The zero-order chi connectivity index (χ0) is 15.6. The zero-order valence-electron chi connectivity index (χ0n) is 12.9. The van der Waals surface area contributed by atoms with Gasteiger partial charge in [-0.05, 0) is 30.9 Å². The van der Waals surface area contributed by atoms with E-state index >= 15 is 0 Å². The van der Waals surface area contributed by atoms with Gasteiger partial charge in [0, 0.05) is 0 Å². The zero-order valence-corrected chi connectivity index (χ0v) is 12.9. The van der Waals surface area contributed by atoms with Gasteiger partial charge < -0.3 is 10.1 Å². The highest BCUT2D eigenvalue weighted by atomic mass is 16.5. The maximum atomic E-state index is 12.7. The predicted molar refractivity (Wildman–Crippen MR) is 82.5 cm³/mol. The van der Waals surface area contributed by atoms with Gasteiger partial charge in [0.05, 0.1) is 6.54 Å². The van der Waals surface area contributed by atoms with Crippen molar-refractivity contribution in [3.05, 3.63) is 30.3 Å². The Balaban J connectivity index is 1.62. The average molecular weight is 302 g/mol. The lowest BCUT2D eigenvalue weighted by Crippen LogP contribution is -2.54. The van der Waals surface area contributed by atoms with Crippen LogP contribution < -0.4 is 10.1 Å². The molecule has 2 fully saturated rings. The summed E-state index contributed by atoms with van der Waals surface area (Å²) in [5.74, 6) is 0.856. The third-order valence-electron chi connectivity index (χ3n) is 4.83. The number of hydrogen-bond donors (Lipinski definition) is 1. The van der Waals surface area contributed by atoms with E-state index < -0.39 is 5.54 Å². The molecule has 3 amide bonds. The Morgan fingerprint density at radius 2 is 2.05 bits per heavy atom. The Morgan fingerprint density at radius 1 is 1.27 bits per heavy atom. The first-order valence-corrected chi connectivity index (χ1v) is 7.95. The molecule has 1 spiro atoms. The minimum absolute atomic E-state index is 0.0821. The molecule has 2 aliphatic rings. The van der Waals surface area contributed by atoms with Crippen LogP contribution in [0.25, 0.3) is 0 Å². The Hall–Kier alpha value is -2.04. The van der Waals surface area contributed by atoms with Crippen LogP contribution in [0.4, 0.5) is 4.79 Å². The van der Waals surface area contributed by atoms with Crippen LogP contribution >= 0.6 is 0 Å². The third kappa shape index (κ3) is 2.56. The molecular formula is C17H22N2O3. The van der Waals surface area contributed by atoms with E-state index in [4.69, 9.17) is 4.74 Å². The van der Waals surface area contributed by atoms with E-state index in [2.05, 4.69) is 12.2 Å². The van der Waals surface area contributed by atoms with Gasteiger partial charge >= 0.3 is 6.03 Å². The summed E-state index contributed by atoms with van der Waals surface area (Å²) < 4.78 is 5.59. The maximum absolute atomic E-state index is 12.7. The molecule has 3 rings (SSSR count). The molecule has 22 heavy (non-hydrogen) atoms. The second kappa shape index (κ2) is 5.99. The lowest BCUT2D eigenvalue weighted by Gasteiger charge is -2.36.